The molecule has 3 nitrogen and oxygen atoms in total. The zero-order valence-electron chi connectivity index (χ0n) is 7.86. The molecule has 2 atom stereocenters. The maximum absolute atomic E-state index is 10.9. The summed E-state index contributed by atoms with van der Waals surface area (Å²) in [6.45, 7) is 1.75. The fraction of sp³-hybridized carbons (Fsp3) is 0.700. The Bertz CT molecular complexity index is 222. The van der Waals surface area contributed by atoms with Gasteiger partial charge in [0.25, 0.3) is 0 Å². The van der Waals surface area contributed by atoms with Gasteiger partial charge in [-0.3, -0.25) is 4.79 Å². The van der Waals surface area contributed by atoms with Gasteiger partial charge in [0.1, 0.15) is 0 Å². The average Bonchev–Trinajstić information content (AvgIpc) is 2.06. The van der Waals surface area contributed by atoms with Crippen LogP contribution in [0, 0.1) is 5.41 Å². The average molecular weight is 184 g/mol. The standard InChI is InChI=1S/C10H16O3/c1-10(9(12)13)6-3-2-4-8(11)5-7-10/h2,4,8,11H,3,5-7H2,1H3,(H,12,13)/b4-2-. The minimum Gasteiger partial charge on any atom is -0.481 e. The number of aliphatic hydroxyl groups is 1. The third kappa shape index (κ3) is 2.56. The monoisotopic (exact) mass is 184 g/mol. The molecule has 0 amide bonds. The number of hydrogen-bond acceptors (Lipinski definition) is 2. The van der Waals surface area contributed by atoms with Crippen molar-refractivity contribution in [2.24, 2.45) is 5.41 Å². The summed E-state index contributed by atoms with van der Waals surface area (Å²) < 4.78 is 0. The largest absolute Gasteiger partial charge is 0.481 e. The Hall–Kier alpha value is -0.830. The summed E-state index contributed by atoms with van der Waals surface area (Å²) in [6.07, 6.45) is 5.63. The Morgan fingerprint density at radius 2 is 2.23 bits per heavy atom. The lowest BCUT2D eigenvalue weighted by molar-refractivity contribution is -0.149. The predicted octanol–water partition coefficient (Wildman–Crippen LogP) is 1.57. The van der Waals surface area contributed by atoms with Gasteiger partial charge in [0.05, 0.1) is 11.5 Å². The third-order valence-electron chi connectivity index (χ3n) is 2.73. The number of aliphatic hydroxyl groups excluding tert-OH is 1. The van der Waals surface area contributed by atoms with E-state index in [1.807, 2.05) is 6.08 Å². The van der Waals surface area contributed by atoms with Crippen LogP contribution in [-0.4, -0.2) is 22.3 Å². The van der Waals surface area contributed by atoms with E-state index in [0.29, 0.717) is 19.3 Å². The fourth-order valence-corrected chi connectivity index (χ4v) is 1.56. The molecule has 2 N–H and O–H groups in total. The molecule has 0 radical (unpaired) electrons. The molecule has 13 heavy (non-hydrogen) atoms. The first-order chi connectivity index (χ1) is 6.04. The van der Waals surface area contributed by atoms with Crippen LogP contribution in [0.5, 0.6) is 0 Å². The second-order valence-corrected chi connectivity index (χ2v) is 3.94. The smallest absolute Gasteiger partial charge is 0.309 e. The minimum absolute atomic E-state index is 0.473. The molecule has 0 spiro atoms. The van der Waals surface area contributed by atoms with Crippen molar-refractivity contribution in [3.05, 3.63) is 12.2 Å². The highest BCUT2D eigenvalue weighted by molar-refractivity contribution is 5.74. The molecule has 1 rings (SSSR count). The molecule has 1 aliphatic rings. The Morgan fingerprint density at radius 3 is 2.85 bits per heavy atom. The van der Waals surface area contributed by atoms with Crippen LogP contribution in [0.4, 0.5) is 0 Å². The summed E-state index contributed by atoms with van der Waals surface area (Å²) in [5.74, 6) is -0.755. The van der Waals surface area contributed by atoms with Crippen molar-refractivity contribution >= 4 is 5.97 Å². The number of carbonyl (C=O) groups is 1. The highest BCUT2D eigenvalue weighted by atomic mass is 16.4. The highest BCUT2D eigenvalue weighted by Gasteiger charge is 2.32. The van der Waals surface area contributed by atoms with Gasteiger partial charge in [0.15, 0.2) is 0 Å². The summed E-state index contributed by atoms with van der Waals surface area (Å²) in [5.41, 5.74) is -0.661. The molecule has 0 fully saturated rings. The van der Waals surface area contributed by atoms with Crippen LogP contribution < -0.4 is 0 Å². The molecule has 0 aliphatic heterocycles. The molecule has 3 heteroatoms. The molecule has 0 aromatic rings. The minimum atomic E-state index is -0.755. The molecular weight excluding hydrogens is 168 g/mol. The van der Waals surface area contributed by atoms with Crippen LogP contribution in [-0.2, 0) is 4.79 Å². The van der Waals surface area contributed by atoms with E-state index in [0.717, 1.165) is 6.42 Å². The van der Waals surface area contributed by atoms with Crippen LogP contribution in [0.2, 0.25) is 0 Å². The number of allylic oxidation sites excluding steroid dienone is 1. The van der Waals surface area contributed by atoms with Crippen molar-refractivity contribution < 1.29 is 15.0 Å². The Balaban J connectivity index is 2.68. The zero-order chi connectivity index (χ0) is 9.90. The van der Waals surface area contributed by atoms with Crippen molar-refractivity contribution in [3.63, 3.8) is 0 Å². The summed E-state index contributed by atoms with van der Waals surface area (Å²) in [6, 6.07) is 0. The van der Waals surface area contributed by atoms with Gasteiger partial charge < -0.3 is 10.2 Å². The summed E-state index contributed by atoms with van der Waals surface area (Å²) in [5, 5.41) is 18.3. The first-order valence-corrected chi connectivity index (χ1v) is 4.63. The van der Waals surface area contributed by atoms with Crippen LogP contribution in [0.1, 0.15) is 32.6 Å². The van der Waals surface area contributed by atoms with Crippen molar-refractivity contribution in [1.82, 2.24) is 0 Å². The summed E-state index contributed by atoms with van der Waals surface area (Å²) >= 11 is 0. The summed E-state index contributed by atoms with van der Waals surface area (Å²) in [7, 11) is 0. The van der Waals surface area contributed by atoms with E-state index in [9.17, 15) is 9.90 Å². The van der Waals surface area contributed by atoms with Gasteiger partial charge in [-0.05, 0) is 32.6 Å². The third-order valence-corrected chi connectivity index (χ3v) is 2.73. The zero-order valence-corrected chi connectivity index (χ0v) is 7.86. The van der Waals surface area contributed by atoms with E-state index in [4.69, 9.17) is 5.11 Å². The fourth-order valence-electron chi connectivity index (χ4n) is 1.56. The topological polar surface area (TPSA) is 57.5 Å². The van der Waals surface area contributed by atoms with Crippen LogP contribution in [0.3, 0.4) is 0 Å². The van der Waals surface area contributed by atoms with Crippen molar-refractivity contribution in [3.8, 4) is 0 Å². The molecule has 0 saturated heterocycles. The number of carboxylic acid groups (broad SMARTS) is 1. The van der Waals surface area contributed by atoms with Gasteiger partial charge >= 0.3 is 5.97 Å². The Morgan fingerprint density at radius 1 is 1.54 bits per heavy atom. The molecule has 0 saturated carbocycles. The van der Waals surface area contributed by atoms with E-state index >= 15 is 0 Å². The molecule has 0 aromatic carbocycles. The maximum Gasteiger partial charge on any atom is 0.309 e. The van der Waals surface area contributed by atoms with E-state index in [1.165, 1.54) is 0 Å². The molecule has 0 heterocycles. The van der Waals surface area contributed by atoms with Gasteiger partial charge in [0, 0.05) is 0 Å². The number of rotatable bonds is 1. The lowest BCUT2D eigenvalue weighted by Gasteiger charge is -2.26. The van der Waals surface area contributed by atoms with Crippen molar-refractivity contribution in [2.75, 3.05) is 0 Å². The maximum atomic E-state index is 10.9. The van der Waals surface area contributed by atoms with E-state index in [2.05, 4.69) is 0 Å². The number of carboxylic acids is 1. The van der Waals surface area contributed by atoms with Gasteiger partial charge in [-0.15, -0.1) is 0 Å². The van der Waals surface area contributed by atoms with E-state index < -0.39 is 17.5 Å². The quantitative estimate of drug-likeness (QED) is 0.608. The molecule has 74 valence electrons. The lowest BCUT2D eigenvalue weighted by Crippen LogP contribution is -2.29. The molecular formula is C10H16O3. The summed E-state index contributed by atoms with van der Waals surface area (Å²) in [4.78, 5) is 10.9. The predicted molar refractivity (Wildman–Crippen MR) is 49.4 cm³/mol. The van der Waals surface area contributed by atoms with Crippen LogP contribution in [0.25, 0.3) is 0 Å². The SMILES string of the molecule is CC1(C(=O)O)CC/C=C\C(O)CC1. The van der Waals surface area contributed by atoms with Gasteiger partial charge in [0.2, 0.25) is 0 Å². The van der Waals surface area contributed by atoms with E-state index in [-0.39, 0.29) is 0 Å². The normalized spacial score (nSPS) is 37.5. The molecule has 0 bridgehead atoms. The first-order valence-electron chi connectivity index (χ1n) is 4.63. The first kappa shape index (κ1) is 10.3. The highest BCUT2D eigenvalue weighted by Crippen LogP contribution is 2.31. The Labute approximate surface area is 78.1 Å². The number of hydrogen-bond donors (Lipinski definition) is 2. The molecule has 2 unspecified atom stereocenters. The van der Waals surface area contributed by atoms with Crippen LogP contribution in [0.15, 0.2) is 12.2 Å². The lowest BCUT2D eigenvalue weighted by atomic mass is 9.79. The van der Waals surface area contributed by atoms with E-state index in [1.54, 1.807) is 13.0 Å². The van der Waals surface area contributed by atoms with Gasteiger partial charge in [-0.1, -0.05) is 12.2 Å². The second kappa shape index (κ2) is 3.92. The van der Waals surface area contributed by atoms with Gasteiger partial charge in [-0.25, -0.2) is 0 Å². The van der Waals surface area contributed by atoms with Crippen molar-refractivity contribution in [2.45, 2.75) is 38.7 Å². The van der Waals surface area contributed by atoms with Crippen LogP contribution >= 0.6 is 0 Å². The van der Waals surface area contributed by atoms with Gasteiger partial charge in [-0.2, -0.15) is 0 Å². The number of aliphatic carboxylic acids is 1. The van der Waals surface area contributed by atoms with Crippen molar-refractivity contribution in [1.29, 1.82) is 0 Å². The molecule has 0 aromatic heterocycles. The second-order valence-electron chi connectivity index (χ2n) is 3.94. The Kier molecular flexibility index (Phi) is 3.09. The molecule has 1 aliphatic carbocycles.